The molecule has 0 fully saturated rings. The number of hydrogen-bond acceptors (Lipinski definition) is 3. The first-order valence-electron chi connectivity index (χ1n) is 6.29. The van der Waals surface area contributed by atoms with Crippen LogP contribution in [0.15, 0.2) is 65.1 Å². The first kappa shape index (κ1) is 11.7. The molecule has 0 spiro atoms. The SMILES string of the molecule is c1ccc(Cc2nnc(Cc3ccccc3)o2)cc1. The van der Waals surface area contributed by atoms with E-state index < -0.39 is 0 Å². The molecular weight excluding hydrogens is 236 g/mol. The second-order valence-corrected chi connectivity index (χ2v) is 4.41. The van der Waals surface area contributed by atoms with Gasteiger partial charge < -0.3 is 4.42 Å². The summed E-state index contributed by atoms with van der Waals surface area (Å²) in [6, 6.07) is 20.3. The molecule has 0 amide bonds. The van der Waals surface area contributed by atoms with Crippen LogP contribution in [0.25, 0.3) is 0 Å². The standard InChI is InChI=1S/C16H14N2O/c1-3-7-13(8-4-1)11-15-17-18-16(19-15)12-14-9-5-2-6-10-14/h1-10H,11-12H2. The van der Waals surface area contributed by atoms with Crippen LogP contribution in [0.3, 0.4) is 0 Å². The van der Waals surface area contributed by atoms with Gasteiger partial charge in [-0.05, 0) is 11.1 Å². The van der Waals surface area contributed by atoms with Crippen LogP contribution in [0.4, 0.5) is 0 Å². The van der Waals surface area contributed by atoms with Crippen LogP contribution in [0.2, 0.25) is 0 Å². The van der Waals surface area contributed by atoms with Crippen molar-refractivity contribution in [1.29, 1.82) is 0 Å². The van der Waals surface area contributed by atoms with Gasteiger partial charge in [0.15, 0.2) is 0 Å². The molecular formula is C16H14N2O. The fraction of sp³-hybridized carbons (Fsp3) is 0.125. The van der Waals surface area contributed by atoms with Crippen molar-refractivity contribution in [1.82, 2.24) is 10.2 Å². The van der Waals surface area contributed by atoms with Crippen LogP contribution in [-0.4, -0.2) is 10.2 Å². The largest absolute Gasteiger partial charge is 0.425 e. The highest BCUT2D eigenvalue weighted by atomic mass is 16.4. The Balaban J connectivity index is 1.70. The summed E-state index contributed by atoms with van der Waals surface area (Å²) < 4.78 is 5.67. The Hall–Kier alpha value is -2.42. The molecule has 0 atom stereocenters. The molecule has 0 bridgehead atoms. The van der Waals surface area contributed by atoms with Crippen molar-refractivity contribution in [3.63, 3.8) is 0 Å². The van der Waals surface area contributed by atoms with Gasteiger partial charge in [-0.3, -0.25) is 0 Å². The molecule has 0 aliphatic carbocycles. The molecule has 3 heteroatoms. The average molecular weight is 250 g/mol. The molecule has 0 unspecified atom stereocenters. The van der Waals surface area contributed by atoms with E-state index in [0.717, 1.165) is 0 Å². The van der Waals surface area contributed by atoms with Gasteiger partial charge in [-0.1, -0.05) is 60.7 Å². The van der Waals surface area contributed by atoms with Gasteiger partial charge in [-0.25, -0.2) is 0 Å². The van der Waals surface area contributed by atoms with E-state index in [1.165, 1.54) is 11.1 Å². The Morgan fingerprint density at radius 3 is 1.47 bits per heavy atom. The van der Waals surface area contributed by atoms with E-state index in [4.69, 9.17) is 4.42 Å². The van der Waals surface area contributed by atoms with Gasteiger partial charge in [0.05, 0.1) is 12.8 Å². The minimum absolute atomic E-state index is 0.664. The summed E-state index contributed by atoms with van der Waals surface area (Å²) in [6.45, 7) is 0. The van der Waals surface area contributed by atoms with Crippen molar-refractivity contribution in [3.05, 3.63) is 83.6 Å². The minimum Gasteiger partial charge on any atom is -0.425 e. The summed E-state index contributed by atoms with van der Waals surface area (Å²) in [5, 5.41) is 8.18. The molecule has 94 valence electrons. The van der Waals surface area contributed by atoms with Crippen molar-refractivity contribution >= 4 is 0 Å². The number of aromatic nitrogens is 2. The monoisotopic (exact) mass is 250 g/mol. The van der Waals surface area contributed by atoms with Crippen LogP contribution in [0.5, 0.6) is 0 Å². The van der Waals surface area contributed by atoms with Crippen LogP contribution in [0, 0.1) is 0 Å². The van der Waals surface area contributed by atoms with E-state index in [1.807, 2.05) is 36.4 Å². The molecule has 19 heavy (non-hydrogen) atoms. The van der Waals surface area contributed by atoms with Crippen LogP contribution in [-0.2, 0) is 12.8 Å². The third-order valence-electron chi connectivity index (χ3n) is 2.91. The summed E-state index contributed by atoms with van der Waals surface area (Å²) in [6.07, 6.45) is 1.37. The highest BCUT2D eigenvalue weighted by Gasteiger charge is 2.07. The third-order valence-corrected chi connectivity index (χ3v) is 2.91. The molecule has 0 aliphatic rings. The van der Waals surface area contributed by atoms with Crippen molar-refractivity contribution in [2.24, 2.45) is 0 Å². The lowest BCUT2D eigenvalue weighted by molar-refractivity contribution is 0.466. The molecule has 0 N–H and O–H groups in total. The second-order valence-electron chi connectivity index (χ2n) is 4.41. The van der Waals surface area contributed by atoms with Gasteiger partial charge in [0, 0.05) is 0 Å². The molecule has 2 aromatic carbocycles. The summed E-state index contributed by atoms with van der Waals surface area (Å²) in [4.78, 5) is 0. The Labute approximate surface area is 111 Å². The van der Waals surface area contributed by atoms with Gasteiger partial charge in [0.25, 0.3) is 0 Å². The van der Waals surface area contributed by atoms with Gasteiger partial charge in [0.1, 0.15) is 0 Å². The molecule has 1 heterocycles. The Morgan fingerprint density at radius 2 is 1.05 bits per heavy atom. The van der Waals surface area contributed by atoms with Gasteiger partial charge in [0.2, 0.25) is 11.8 Å². The van der Waals surface area contributed by atoms with E-state index in [9.17, 15) is 0 Å². The van der Waals surface area contributed by atoms with E-state index in [2.05, 4.69) is 34.5 Å². The highest BCUT2D eigenvalue weighted by Crippen LogP contribution is 2.11. The number of hydrogen-bond donors (Lipinski definition) is 0. The normalized spacial score (nSPS) is 10.5. The lowest BCUT2D eigenvalue weighted by Gasteiger charge is -1.96. The maximum Gasteiger partial charge on any atom is 0.220 e. The lowest BCUT2D eigenvalue weighted by atomic mass is 10.1. The van der Waals surface area contributed by atoms with E-state index in [-0.39, 0.29) is 0 Å². The number of benzene rings is 2. The van der Waals surface area contributed by atoms with Gasteiger partial charge >= 0.3 is 0 Å². The first-order valence-corrected chi connectivity index (χ1v) is 6.29. The fourth-order valence-electron chi connectivity index (χ4n) is 1.97. The summed E-state index contributed by atoms with van der Waals surface area (Å²) in [5.41, 5.74) is 2.36. The predicted molar refractivity (Wildman–Crippen MR) is 72.8 cm³/mol. The zero-order valence-electron chi connectivity index (χ0n) is 10.5. The molecule has 1 aromatic heterocycles. The van der Waals surface area contributed by atoms with E-state index in [1.54, 1.807) is 0 Å². The third kappa shape index (κ3) is 3.07. The Bertz CT molecular complexity index is 576. The number of rotatable bonds is 4. The van der Waals surface area contributed by atoms with Gasteiger partial charge in [-0.2, -0.15) is 0 Å². The zero-order valence-corrected chi connectivity index (χ0v) is 10.5. The van der Waals surface area contributed by atoms with Crippen LogP contribution < -0.4 is 0 Å². The van der Waals surface area contributed by atoms with E-state index >= 15 is 0 Å². The van der Waals surface area contributed by atoms with Crippen LogP contribution >= 0.6 is 0 Å². The number of nitrogens with zero attached hydrogens (tertiary/aromatic N) is 2. The van der Waals surface area contributed by atoms with Crippen molar-refractivity contribution in [3.8, 4) is 0 Å². The summed E-state index contributed by atoms with van der Waals surface area (Å²) in [5.74, 6) is 1.33. The molecule has 0 saturated heterocycles. The molecule has 3 nitrogen and oxygen atoms in total. The summed E-state index contributed by atoms with van der Waals surface area (Å²) in [7, 11) is 0. The molecule has 0 radical (unpaired) electrons. The zero-order chi connectivity index (χ0) is 12.9. The molecule has 3 aromatic rings. The van der Waals surface area contributed by atoms with Gasteiger partial charge in [-0.15, -0.1) is 10.2 Å². The van der Waals surface area contributed by atoms with E-state index in [0.29, 0.717) is 24.6 Å². The molecule has 0 saturated carbocycles. The minimum atomic E-state index is 0.664. The topological polar surface area (TPSA) is 38.9 Å². The van der Waals surface area contributed by atoms with Crippen molar-refractivity contribution in [2.45, 2.75) is 12.8 Å². The maximum absolute atomic E-state index is 5.67. The quantitative estimate of drug-likeness (QED) is 0.713. The predicted octanol–water partition coefficient (Wildman–Crippen LogP) is 3.25. The average Bonchev–Trinajstić information content (AvgIpc) is 2.88. The Morgan fingerprint density at radius 1 is 0.632 bits per heavy atom. The molecule has 0 aliphatic heterocycles. The first-order chi connectivity index (χ1) is 9.40. The summed E-state index contributed by atoms with van der Waals surface area (Å²) >= 11 is 0. The lowest BCUT2D eigenvalue weighted by Crippen LogP contribution is -1.87. The maximum atomic E-state index is 5.67. The van der Waals surface area contributed by atoms with Crippen molar-refractivity contribution < 1.29 is 4.42 Å². The molecule has 3 rings (SSSR count). The Kier molecular flexibility index (Phi) is 3.36. The van der Waals surface area contributed by atoms with Crippen LogP contribution in [0.1, 0.15) is 22.9 Å². The van der Waals surface area contributed by atoms with Crippen molar-refractivity contribution in [2.75, 3.05) is 0 Å². The fourth-order valence-corrected chi connectivity index (χ4v) is 1.97. The smallest absolute Gasteiger partial charge is 0.220 e. The second kappa shape index (κ2) is 5.48. The highest BCUT2D eigenvalue weighted by molar-refractivity contribution is 5.19.